The molecule has 1 rings (SSSR count). The molecule has 0 saturated carbocycles. The van der Waals surface area contributed by atoms with Gasteiger partial charge in [0.15, 0.2) is 0 Å². The molecule has 1 amide bonds. The molecule has 0 aliphatic heterocycles. The number of hydrogen-bond acceptors (Lipinski definition) is 3. The van der Waals surface area contributed by atoms with Gasteiger partial charge in [0.1, 0.15) is 12.4 Å². The van der Waals surface area contributed by atoms with Crippen LogP contribution in [-0.4, -0.2) is 17.7 Å². The van der Waals surface area contributed by atoms with Crippen LogP contribution in [-0.2, 0) is 11.3 Å². The average Bonchev–Trinajstić information content (AvgIpc) is 2.28. The van der Waals surface area contributed by atoms with Crippen molar-refractivity contribution in [1.82, 2.24) is 5.32 Å². The highest BCUT2D eigenvalue weighted by Crippen LogP contribution is 2.17. The maximum Gasteiger partial charge on any atom is 0.408 e. The van der Waals surface area contributed by atoms with Crippen molar-refractivity contribution in [3.05, 3.63) is 29.3 Å². The van der Waals surface area contributed by atoms with Crippen molar-refractivity contribution in [1.29, 1.82) is 0 Å². The topological polar surface area (TPSA) is 58.6 Å². The van der Waals surface area contributed by atoms with Crippen LogP contribution in [0, 0.1) is 19.3 Å². The number of phenols is 1. The quantitative estimate of drug-likeness (QED) is 0.758. The monoisotopic (exact) mass is 219 g/mol. The van der Waals surface area contributed by atoms with Gasteiger partial charge in [-0.1, -0.05) is 12.0 Å². The molecule has 0 saturated heterocycles. The van der Waals surface area contributed by atoms with Crippen molar-refractivity contribution in [2.45, 2.75) is 13.5 Å². The average molecular weight is 219 g/mol. The number of carbonyl (C=O) groups is 1. The lowest BCUT2D eigenvalue weighted by Gasteiger charge is -2.06. The molecule has 0 fully saturated rings. The van der Waals surface area contributed by atoms with Crippen LogP contribution in [0.15, 0.2) is 18.2 Å². The van der Waals surface area contributed by atoms with E-state index in [9.17, 15) is 9.90 Å². The Kier molecular flexibility index (Phi) is 4.22. The molecule has 1 aromatic rings. The number of nitrogens with one attached hydrogen (secondary N) is 1. The predicted octanol–water partition coefficient (Wildman–Crippen LogP) is 1.56. The Bertz CT molecular complexity index is 421. The van der Waals surface area contributed by atoms with Crippen LogP contribution in [0.2, 0.25) is 0 Å². The summed E-state index contributed by atoms with van der Waals surface area (Å²) in [6, 6.07) is 5.01. The van der Waals surface area contributed by atoms with E-state index in [4.69, 9.17) is 11.2 Å². The minimum Gasteiger partial charge on any atom is -0.508 e. The van der Waals surface area contributed by atoms with Gasteiger partial charge in [0.2, 0.25) is 0 Å². The summed E-state index contributed by atoms with van der Waals surface area (Å²) in [6.45, 7) is 2.07. The van der Waals surface area contributed by atoms with Gasteiger partial charge in [-0.2, -0.15) is 0 Å². The molecule has 4 heteroatoms. The van der Waals surface area contributed by atoms with Crippen molar-refractivity contribution in [3.63, 3.8) is 0 Å². The standard InChI is InChI=1S/C12H13NO3/c1-3-6-13-12(15)16-8-10-4-5-11(14)9(2)7-10/h1,4-5,7,14H,6,8H2,2H3,(H,13,15). The van der Waals surface area contributed by atoms with Crippen molar-refractivity contribution >= 4 is 6.09 Å². The molecule has 84 valence electrons. The molecule has 0 bridgehead atoms. The molecule has 0 aromatic heterocycles. The number of phenolic OH excluding ortho intramolecular Hbond substituents is 1. The fourth-order valence-electron chi connectivity index (χ4n) is 1.13. The third-order valence-corrected chi connectivity index (χ3v) is 1.97. The van der Waals surface area contributed by atoms with E-state index in [1.54, 1.807) is 25.1 Å². The molecule has 0 spiro atoms. The molecule has 2 N–H and O–H groups in total. The molecule has 0 aliphatic rings. The Labute approximate surface area is 94.2 Å². The van der Waals surface area contributed by atoms with Gasteiger partial charge in [-0.25, -0.2) is 4.79 Å². The molecule has 0 aliphatic carbocycles. The number of ether oxygens (including phenoxy) is 1. The summed E-state index contributed by atoms with van der Waals surface area (Å²) in [7, 11) is 0. The van der Waals surface area contributed by atoms with E-state index < -0.39 is 6.09 Å². The van der Waals surface area contributed by atoms with E-state index in [0.29, 0.717) is 0 Å². The fourth-order valence-corrected chi connectivity index (χ4v) is 1.13. The molecule has 0 radical (unpaired) electrons. The zero-order valence-electron chi connectivity index (χ0n) is 8.99. The summed E-state index contributed by atoms with van der Waals surface area (Å²) in [6.07, 6.45) is 4.42. The summed E-state index contributed by atoms with van der Waals surface area (Å²) in [5.74, 6) is 2.49. The highest BCUT2D eigenvalue weighted by atomic mass is 16.5. The molecular formula is C12H13NO3. The summed E-state index contributed by atoms with van der Waals surface area (Å²) < 4.78 is 4.90. The number of alkyl carbamates (subject to hydrolysis) is 1. The van der Waals surface area contributed by atoms with E-state index in [1.165, 1.54) is 0 Å². The van der Waals surface area contributed by atoms with Gasteiger partial charge in [0.25, 0.3) is 0 Å². The van der Waals surface area contributed by atoms with Crippen molar-refractivity contribution in [2.24, 2.45) is 0 Å². The van der Waals surface area contributed by atoms with E-state index in [1.807, 2.05) is 0 Å². The number of aromatic hydroxyl groups is 1. The third-order valence-electron chi connectivity index (χ3n) is 1.97. The third kappa shape index (κ3) is 3.54. The van der Waals surface area contributed by atoms with Crippen LogP contribution in [0.4, 0.5) is 4.79 Å². The van der Waals surface area contributed by atoms with Crippen molar-refractivity contribution < 1.29 is 14.6 Å². The maximum atomic E-state index is 11.0. The number of hydrogen-bond donors (Lipinski definition) is 2. The number of terminal acetylenes is 1. The molecular weight excluding hydrogens is 206 g/mol. The first-order chi connectivity index (χ1) is 7.63. The van der Waals surface area contributed by atoms with Crippen LogP contribution in [0.1, 0.15) is 11.1 Å². The molecule has 1 aromatic carbocycles. The highest BCUT2D eigenvalue weighted by molar-refractivity contribution is 5.67. The second-order valence-electron chi connectivity index (χ2n) is 3.25. The molecule has 0 heterocycles. The van der Waals surface area contributed by atoms with E-state index in [-0.39, 0.29) is 18.9 Å². The van der Waals surface area contributed by atoms with Crippen LogP contribution >= 0.6 is 0 Å². The Balaban J connectivity index is 2.46. The Hall–Kier alpha value is -2.15. The van der Waals surface area contributed by atoms with Gasteiger partial charge in [-0.3, -0.25) is 0 Å². The molecule has 0 atom stereocenters. The van der Waals surface area contributed by atoms with E-state index in [0.717, 1.165) is 11.1 Å². The zero-order chi connectivity index (χ0) is 12.0. The number of aryl methyl sites for hydroxylation is 1. The largest absolute Gasteiger partial charge is 0.508 e. The van der Waals surface area contributed by atoms with Crippen LogP contribution in [0.3, 0.4) is 0 Å². The lowest BCUT2D eigenvalue weighted by Crippen LogP contribution is -2.24. The fraction of sp³-hybridized carbons (Fsp3) is 0.250. The number of rotatable bonds is 3. The minimum atomic E-state index is -0.552. The van der Waals surface area contributed by atoms with E-state index >= 15 is 0 Å². The van der Waals surface area contributed by atoms with Gasteiger partial charge in [0.05, 0.1) is 6.54 Å². The van der Waals surface area contributed by atoms with Crippen molar-refractivity contribution in [2.75, 3.05) is 6.54 Å². The summed E-state index contributed by atoms with van der Waals surface area (Å²) in [4.78, 5) is 11.0. The van der Waals surface area contributed by atoms with Gasteiger partial charge < -0.3 is 15.2 Å². The van der Waals surface area contributed by atoms with Crippen molar-refractivity contribution in [3.8, 4) is 18.1 Å². The first-order valence-electron chi connectivity index (χ1n) is 4.76. The van der Waals surface area contributed by atoms with Gasteiger partial charge in [-0.15, -0.1) is 6.42 Å². The number of benzene rings is 1. The smallest absolute Gasteiger partial charge is 0.408 e. The SMILES string of the molecule is C#CCNC(=O)OCc1ccc(O)c(C)c1. The zero-order valence-corrected chi connectivity index (χ0v) is 8.99. The second-order valence-corrected chi connectivity index (χ2v) is 3.25. The molecule has 0 unspecified atom stereocenters. The summed E-state index contributed by atoms with van der Waals surface area (Å²) in [5.41, 5.74) is 1.55. The normalized spacial score (nSPS) is 9.25. The first kappa shape index (κ1) is 11.9. The molecule has 16 heavy (non-hydrogen) atoms. The number of carbonyl (C=O) groups excluding carboxylic acids is 1. The van der Waals surface area contributed by atoms with Gasteiger partial charge in [-0.05, 0) is 30.2 Å². The predicted molar refractivity (Wildman–Crippen MR) is 59.9 cm³/mol. The summed E-state index contributed by atoms with van der Waals surface area (Å²) >= 11 is 0. The van der Waals surface area contributed by atoms with Crippen LogP contribution < -0.4 is 5.32 Å². The van der Waals surface area contributed by atoms with Crippen LogP contribution in [0.5, 0.6) is 5.75 Å². The Morgan fingerprint density at radius 2 is 2.38 bits per heavy atom. The number of amides is 1. The maximum absolute atomic E-state index is 11.0. The highest BCUT2D eigenvalue weighted by Gasteiger charge is 2.02. The molecule has 4 nitrogen and oxygen atoms in total. The van der Waals surface area contributed by atoms with Crippen LogP contribution in [0.25, 0.3) is 0 Å². The van der Waals surface area contributed by atoms with E-state index in [2.05, 4.69) is 11.2 Å². The minimum absolute atomic E-state index is 0.146. The Morgan fingerprint density at radius 1 is 1.62 bits per heavy atom. The first-order valence-corrected chi connectivity index (χ1v) is 4.76. The Morgan fingerprint density at radius 3 is 3.00 bits per heavy atom. The lowest BCUT2D eigenvalue weighted by atomic mass is 10.1. The van der Waals surface area contributed by atoms with Gasteiger partial charge >= 0.3 is 6.09 Å². The summed E-state index contributed by atoms with van der Waals surface area (Å²) in [5, 5.41) is 11.7. The van der Waals surface area contributed by atoms with Gasteiger partial charge in [0, 0.05) is 0 Å². The lowest BCUT2D eigenvalue weighted by molar-refractivity contribution is 0.141. The second kappa shape index (κ2) is 5.66.